The maximum Gasteiger partial charge on any atom is 0.228 e. The molecule has 3 aromatic rings. The van der Waals surface area contributed by atoms with Gasteiger partial charge in [0, 0.05) is 43.3 Å². The highest BCUT2D eigenvalue weighted by molar-refractivity contribution is 6.34. The van der Waals surface area contributed by atoms with Crippen LogP contribution in [0.2, 0.25) is 5.02 Å². The second-order valence-electron chi connectivity index (χ2n) is 10.4. The Morgan fingerprint density at radius 1 is 1.23 bits per heavy atom. The van der Waals surface area contributed by atoms with Gasteiger partial charge in [-0.3, -0.25) is 4.90 Å². The summed E-state index contributed by atoms with van der Waals surface area (Å²) in [6, 6.07) is 6.75. The molecule has 0 radical (unpaired) electrons. The average molecular weight is 498 g/mol. The van der Waals surface area contributed by atoms with Crippen LogP contribution in [0.5, 0.6) is 0 Å². The Labute approximate surface area is 210 Å². The van der Waals surface area contributed by atoms with E-state index in [2.05, 4.69) is 45.1 Å². The molecule has 3 atom stereocenters. The minimum Gasteiger partial charge on any atom is -0.389 e. The number of piperazine rings is 1. The highest BCUT2D eigenvalue weighted by Gasteiger charge is 2.47. The predicted molar refractivity (Wildman–Crippen MR) is 137 cm³/mol. The van der Waals surface area contributed by atoms with Crippen LogP contribution in [0.3, 0.4) is 0 Å². The summed E-state index contributed by atoms with van der Waals surface area (Å²) in [5.41, 5.74) is 2.45. The highest BCUT2D eigenvalue weighted by Crippen LogP contribution is 2.38. The molecule has 0 spiro atoms. The molecule has 1 aromatic carbocycles. The van der Waals surface area contributed by atoms with Gasteiger partial charge in [0.1, 0.15) is 5.82 Å². The number of halogens is 1. The molecule has 1 saturated carbocycles. The van der Waals surface area contributed by atoms with Crippen molar-refractivity contribution in [3.8, 4) is 0 Å². The lowest BCUT2D eigenvalue weighted by molar-refractivity contribution is -0.0160. The number of hydrogen-bond acceptors (Lipinski definition) is 8. The minimum absolute atomic E-state index is 0.241. The van der Waals surface area contributed by atoms with Crippen molar-refractivity contribution in [2.75, 3.05) is 43.1 Å². The van der Waals surface area contributed by atoms with Gasteiger partial charge in [-0.1, -0.05) is 11.6 Å². The molecule has 186 valence electrons. The Kier molecular flexibility index (Phi) is 5.63. The molecular weight excluding hydrogens is 466 g/mol. The van der Waals surface area contributed by atoms with Gasteiger partial charge in [0.05, 0.1) is 52.8 Å². The molecule has 0 bridgehead atoms. The predicted octanol–water partition coefficient (Wildman–Crippen LogP) is 3.53. The molecule has 2 aliphatic heterocycles. The monoisotopic (exact) mass is 497 g/mol. The van der Waals surface area contributed by atoms with Crippen LogP contribution in [0, 0.1) is 6.92 Å². The normalized spacial score (nSPS) is 27.6. The minimum atomic E-state index is -0.469. The maximum atomic E-state index is 10.5. The van der Waals surface area contributed by atoms with E-state index in [0.717, 1.165) is 60.6 Å². The zero-order valence-corrected chi connectivity index (χ0v) is 21.2. The number of fused-ring (bicyclic) bond motifs is 1. The van der Waals surface area contributed by atoms with E-state index in [-0.39, 0.29) is 11.6 Å². The van der Waals surface area contributed by atoms with Crippen molar-refractivity contribution >= 4 is 40.0 Å². The summed E-state index contributed by atoms with van der Waals surface area (Å²) in [6.45, 7) is 9.71. The summed E-state index contributed by atoms with van der Waals surface area (Å²) in [5, 5.41) is 20.1. The molecule has 4 heterocycles. The van der Waals surface area contributed by atoms with Gasteiger partial charge >= 0.3 is 0 Å². The Bertz CT molecular complexity index is 1260. The van der Waals surface area contributed by atoms with Gasteiger partial charge < -0.3 is 20.1 Å². The summed E-state index contributed by atoms with van der Waals surface area (Å²) < 4.78 is 7.63. The summed E-state index contributed by atoms with van der Waals surface area (Å²) in [4.78, 5) is 14.0. The zero-order chi connectivity index (χ0) is 24.3. The summed E-state index contributed by atoms with van der Waals surface area (Å²) in [6.07, 6.45) is 3.66. The Balaban J connectivity index is 1.24. The number of aliphatic hydroxyl groups excluding tert-OH is 1. The molecule has 3 fully saturated rings. The van der Waals surface area contributed by atoms with Crippen LogP contribution >= 0.6 is 11.6 Å². The van der Waals surface area contributed by atoms with Crippen molar-refractivity contribution in [3.63, 3.8) is 0 Å². The third kappa shape index (κ3) is 4.14. The Morgan fingerprint density at radius 2 is 2.06 bits per heavy atom. The van der Waals surface area contributed by atoms with Gasteiger partial charge in [0.15, 0.2) is 0 Å². The highest BCUT2D eigenvalue weighted by atomic mass is 35.5. The number of benzene rings is 1. The van der Waals surface area contributed by atoms with Crippen LogP contribution in [0.15, 0.2) is 24.4 Å². The number of aromatic nitrogens is 4. The van der Waals surface area contributed by atoms with Crippen LogP contribution in [0.25, 0.3) is 10.9 Å². The fourth-order valence-corrected chi connectivity index (χ4v) is 5.82. The molecule has 2 N–H and O–H groups in total. The van der Waals surface area contributed by atoms with Crippen LogP contribution in [-0.4, -0.2) is 80.3 Å². The Morgan fingerprint density at radius 3 is 2.77 bits per heavy atom. The number of ether oxygens (including phenoxy) is 1. The topological polar surface area (TPSA) is 91.6 Å². The smallest absolute Gasteiger partial charge is 0.228 e. The van der Waals surface area contributed by atoms with Gasteiger partial charge in [-0.15, -0.1) is 0 Å². The number of rotatable bonds is 5. The van der Waals surface area contributed by atoms with E-state index in [0.29, 0.717) is 30.2 Å². The lowest BCUT2D eigenvalue weighted by Gasteiger charge is -2.49. The molecule has 1 aliphatic carbocycles. The number of aliphatic hydroxyl groups is 1. The molecule has 2 aromatic heterocycles. The van der Waals surface area contributed by atoms with E-state index in [4.69, 9.17) is 21.3 Å². The molecule has 35 heavy (non-hydrogen) atoms. The third-order valence-corrected chi connectivity index (χ3v) is 7.95. The van der Waals surface area contributed by atoms with Gasteiger partial charge in [-0.2, -0.15) is 5.10 Å². The second-order valence-corrected chi connectivity index (χ2v) is 10.8. The van der Waals surface area contributed by atoms with E-state index in [1.54, 1.807) is 0 Å². The fraction of sp³-hybridized carbons (Fsp3) is 0.560. The molecule has 2 saturated heterocycles. The van der Waals surface area contributed by atoms with Crippen LogP contribution in [-0.2, 0) is 4.74 Å². The van der Waals surface area contributed by atoms with E-state index < -0.39 is 6.10 Å². The number of hydrogen-bond donors (Lipinski definition) is 2. The van der Waals surface area contributed by atoms with Crippen molar-refractivity contribution in [2.45, 2.75) is 57.3 Å². The van der Waals surface area contributed by atoms with Gasteiger partial charge in [0.2, 0.25) is 5.95 Å². The van der Waals surface area contributed by atoms with Gasteiger partial charge in [0.25, 0.3) is 0 Å². The van der Waals surface area contributed by atoms with E-state index in [1.807, 2.05) is 29.9 Å². The molecule has 9 nitrogen and oxygen atoms in total. The first-order valence-corrected chi connectivity index (χ1v) is 12.8. The first kappa shape index (κ1) is 23.0. The lowest BCUT2D eigenvalue weighted by atomic mass is 9.92. The number of anilines is 3. The molecule has 6 rings (SSSR count). The first-order valence-electron chi connectivity index (χ1n) is 12.4. The van der Waals surface area contributed by atoms with Crippen molar-refractivity contribution in [3.05, 3.63) is 35.1 Å². The average Bonchev–Trinajstić information content (AvgIpc) is 3.52. The number of aryl methyl sites for hydroxylation is 1. The van der Waals surface area contributed by atoms with E-state index in [1.165, 1.54) is 0 Å². The zero-order valence-electron chi connectivity index (χ0n) is 20.4. The standard InChI is InChI=1S/C25H32ClN7O2/c1-15-8-23(33(30-15)18-4-5-18)29-24-27-11-17-9-19(26)21(10-20(17)28-24)31-6-7-32(16(2)12-31)25(3)14-35-13-22(25)34/h8-11,16,18,22,34H,4-7,12-14H2,1-3H3,(H,27,28,29)/t16-,22?,25?/m0/s1. The van der Waals surface area contributed by atoms with Crippen molar-refractivity contribution < 1.29 is 9.84 Å². The maximum absolute atomic E-state index is 10.5. The molecule has 10 heteroatoms. The quantitative estimate of drug-likeness (QED) is 0.553. The Hall–Kier alpha value is -2.46. The molecule has 0 amide bonds. The van der Waals surface area contributed by atoms with Gasteiger partial charge in [-0.05, 0) is 45.7 Å². The van der Waals surface area contributed by atoms with E-state index in [9.17, 15) is 5.11 Å². The SMILES string of the molecule is Cc1cc(Nc2ncc3cc(Cl)c(N4CCN(C5(C)COCC5O)[C@@H](C)C4)cc3n2)n(C2CC2)n1. The third-order valence-electron chi connectivity index (χ3n) is 7.65. The van der Waals surface area contributed by atoms with Crippen molar-refractivity contribution in [2.24, 2.45) is 0 Å². The van der Waals surface area contributed by atoms with Crippen LogP contribution in [0.1, 0.15) is 38.4 Å². The largest absolute Gasteiger partial charge is 0.389 e. The second kappa shape index (κ2) is 8.58. The summed E-state index contributed by atoms with van der Waals surface area (Å²) >= 11 is 6.74. The van der Waals surface area contributed by atoms with Crippen molar-refractivity contribution in [1.82, 2.24) is 24.6 Å². The van der Waals surface area contributed by atoms with Crippen LogP contribution in [0.4, 0.5) is 17.5 Å². The van der Waals surface area contributed by atoms with Gasteiger partial charge in [-0.25, -0.2) is 14.6 Å². The number of nitrogens with one attached hydrogen (secondary N) is 1. The summed E-state index contributed by atoms with van der Waals surface area (Å²) in [5.74, 6) is 1.48. The molecule has 3 aliphatic rings. The number of nitrogens with zero attached hydrogens (tertiary/aromatic N) is 6. The lowest BCUT2D eigenvalue weighted by Crippen LogP contribution is -2.64. The van der Waals surface area contributed by atoms with Crippen molar-refractivity contribution in [1.29, 1.82) is 0 Å². The molecular formula is C25H32ClN7O2. The van der Waals surface area contributed by atoms with Crippen LogP contribution < -0.4 is 10.2 Å². The fourth-order valence-electron chi connectivity index (χ4n) is 5.53. The molecule has 2 unspecified atom stereocenters. The van der Waals surface area contributed by atoms with E-state index >= 15 is 0 Å². The summed E-state index contributed by atoms with van der Waals surface area (Å²) in [7, 11) is 0. The first-order chi connectivity index (χ1) is 16.8.